The van der Waals surface area contributed by atoms with E-state index >= 15 is 0 Å². The molecule has 0 aromatic heterocycles. The quantitative estimate of drug-likeness (QED) is 0.412. The lowest BCUT2D eigenvalue weighted by Gasteiger charge is -2.02. The molecule has 1 aliphatic heterocycles. The number of hydrogen-bond donors (Lipinski definition) is 0. The maximum absolute atomic E-state index is 10.9. The van der Waals surface area contributed by atoms with Crippen molar-refractivity contribution in [2.24, 2.45) is 5.92 Å². The molecule has 0 fully saturated rings. The first kappa shape index (κ1) is 7.72. The largest absolute Gasteiger partial charge is 0.434 e. The normalized spacial score (nSPS) is 22.6. The molecule has 1 atom stereocenters. The topological polar surface area (TPSA) is 43.4 Å². The van der Waals surface area contributed by atoms with Gasteiger partial charge < -0.3 is 4.74 Å². The van der Waals surface area contributed by atoms with E-state index in [1.807, 2.05) is 0 Å². The lowest BCUT2D eigenvalue weighted by atomic mass is 10.1. The Morgan fingerprint density at radius 1 is 1.55 bits per heavy atom. The number of Topliss-reactive ketones (excluding diaryl/α,β-unsaturated/α-hetero) is 1. The monoisotopic (exact) mass is 152 g/mol. The molecular formula is C8H8O3. The van der Waals surface area contributed by atoms with Crippen LogP contribution in [-0.4, -0.2) is 11.8 Å². The summed E-state index contributed by atoms with van der Waals surface area (Å²) in [5.74, 6) is -1.44. The Kier molecular flexibility index (Phi) is 2.21. The predicted molar refractivity (Wildman–Crippen MR) is 38.5 cm³/mol. The van der Waals surface area contributed by atoms with Gasteiger partial charge >= 0.3 is 5.97 Å². The van der Waals surface area contributed by atoms with Crippen molar-refractivity contribution in [1.29, 1.82) is 0 Å². The van der Waals surface area contributed by atoms with Crippen LogP contribution in [0.25, 0.3) is 0 Å². The van der Waals surface area contributed by atoms with Gasteiger partial charge in [0.25, 0.3) is 0 Å². The Bertz CT molecular complexity index is 238. The molecular weight excluding hydrogens is 144 g/mol. The number of rotatable bonds is 1. The zero-order valence-corrected chi connectivity index (χ0v) is 6.11. The van der Waals surface area contributed by atoms with Gasteiger partial charge in [0.15, 0.2) is 0 Å². The molecule has 58 valence electrons. The van der Waals surface area contributed by atoms with Crippen LogP contribution in [0, 0.1) is 5.92 Å². The van der Waals surface area contributed by atoms with E-state index in [9.17, 15) is 9.59 Å². The van der Waals surface area contributed by atoms with Crippen LogP contribution < -0.4 is 0 Å². The maximum Gasteiger partial charge on any atom is 0.325 e. The van der Waals surface area contributed by atoms with Gasteiger partial charge in [-0.3, -0.25) is 9.59 Å². The highest BCUT2D eigenvalue weighted by Crippen LogP contribution is 2.07. The molecule has 3 nitrogen and oxygen atoms in total. The summed E-state index contributed by atoms with van der Waals surface area (Å²) in [6.07, 6.45) is 5.98. The van der Waals surface area contributed by atoms with Gasteiger partial charge in [0.05, 0.1) is 6.26 Å². The number of ketones is 1. The Morgan fingerprint density at radius 3 is 2.91 bits per heavy atom. The first-order valence-corrected chi connectivity index (χ1v) is 3.26. The van der Waals surface area contributed by atoms with Crippen LogP contribution in [0.4, 0.5) is 0 Å². The van der Waals surface area contributed by atoms with Crippen molar-refractivity contribution >= 4 is 11.8 Å². The molecule has 0 bridgehead atoms. The minimum Gasteiger partial charge on any atom is -0.434 e. The van der Waals surface area contributed by atoms with Gasteiger partial charge in [-0.2, -0.15) is 0 Å². The summed E-state index contributed by atoms with van der Waals surface area (Å²) in [7, 11) is 0. The molecule has 0 aromatic rings. The van der Waals surface area contributed by atoms with Crippen molar-refractivity contribution < 1.29 is 14.3 Å². The molecule has 0 saturated carbocycles. The van der Waals surface area contributed by atoms with E-state index in [1.165, 1.54) is 19.3 Å². The molecule has 1 aliphatic rings. The average Bonchev–Trinajstić information content (AvgIpc) is 2.13. The molecule has 0 amide bonds. The SMILES string of the molecule is CC(=O)C1C=CC=COC1=O. The van der Waals surface area contributed by atoms with E-state index in [4.69, 9.17) is 0 Å². The molecule has 0 aliphatic carbocycles. The Morgan fingerprint density at radius 2 is 2.27 bits per heavy atom. The molecule has 1 rings (SSSR count). The van der Waals surface area contributed by atoms with Crippen LogP contribution in [0.5, 0.6) is 0 Å². The third kappa shape index (κ3) is 1.77. The van der Waals surface area contributed by atoms with E-state index in [0.717, 1.165) is 0 Å². The van der Waals surface area contributed by atoms with Crippen molar-refractivity contribution in [3.8, 4) is 0 Å². The number of ether oxygens (including phenoxy) is 1. The lowest BCUT2D eigenvalue weighted by Crippen LogP contribution is -2.19. The molecule has 1 heterocycles. The minimum atomic E-state index is -0.731. The maximum atomic E-state index is 10.9. The summed E-state index contributed by atoms with van der Waals surface area (Å²) in [5.41, 5.74) is 0. The number of cyclic esters (lactones) is 1. The number of esters is 1. The van der Waals surface area contributed by atoms with Gasteiger partial charge in [-0.05, 0) is 13.0 Å². The van der Waals surface area contributed by atoms with Crippen LogP contribution in [0.2, 0.25) is 0 Å². The van der Waals surface area contributed by atoms with E-state index in [-0.39, 0.29) is 5.78 Å². The van der Waals surface area contributed by atoms with Crippen LogP contribution in [0.15, 0.2) is 24.5 Å². The Hall–Kier alpha value is -1.38. The fourth-order valence-electron chi connectivity index (χ4n) is 0.780. The molecule has 3 heteroatoms. The fourth-order valence-corrected chi connectivity index (χ4v) is 0.780. The van der Waals surface area contributed by atoms with Crippen LogP contribution in [0.3, 0.4) is 0 Å². The second-order valence-corrected chi connectivity index (χ2v) is 2.24. The van der Waals surface area contributed by atoms with Crippen molar-refractivity contribution in [3.63, 3.8) is 0 Å². The average molecular weight is 152 g/mol. The van der Waals surface area contributed by atoms with Crippen LogP contribution in [-0.2, 0) is 14.3 Å². The van der Waals surface area contributed by atoms with Gasteiger partial charge in [-0.25, -0.2) is 0 Å². The smallest absolute Gasteiger partial charge is 0.325 e. The van der Waals surface area contributed by atoms with Crippen molar-refractivity contribution in [1.82, 2.24) is 0 Å². The minimum absolute atomic E-state index is 0.199. The third-order valence-corrected chi connectivity index (χ3v) is 1.37. The zero-order chi connectivity index (χ0) is 8.27. The Labute approximate surface area is 64.3 Å². The first-order chi connectivity index (χ1) is 5.22. The number of hydrogen-bond acceptors (Lipinski definition) is 3. The molecule has 0 saturated heterocycles. The van der Waals surface area contributed by atoms with Gasteiger partial charge in [-0.1, -0.05) is 12.2 Å². The fraction of sp³-hybridized carbons (Fsp3) is 0.250. The summed E-state index contributed by atoms with van der Waals surface area (Å²) >= 11 is 0. The molecule has 0 radical (unpaired) electrons. The highest BCUT2D eigenvalue weighted by molar-refractivity contribution is 6.00. The predicted octanol–water partition coefficient (Wildman–Crippen LogP) is 0.818. The second kappa shape index (κ2) is 3.14. The van der Waals surface area contributed by atoms with Crippen LogP contribution >= 0.6 is 0 Å². The van der Waals surface area contributed by atoms with Gasteiger partial charge in [0, 0.05) is 0 Å². The van der Waals surface area contributed by atoms with Gasteiger partial charge in [0.2, 0.25) is 0 Å². The molecule has 1 unspecified atom stereocenters. The van der Waals surface area contributed by atoms with Crippen LogP contribution in [0.1, 0.15) is 6.92 Å². The molecule has 0 spiro atoms. The van der Waals surface area contributed by atoms with E-state index < -0.39 is 11.9 Å². The standard InChI is InChI=1S/C8H8O3/c1-6(9)7-4-2-3-5-11-8(7)10/h2-5,7H,1H3. The highest BCUT2D eigenvalue weighted by atomic mass is 16.5. The summed E-state index contributed by atoms with van der Waals surface area (Å²) in [5, 5.41) is 0. The third-order valence-electron chi connectivity index (χ3n) is 1.37. The highest BCUT2D eigenvalue weighted by Gasteiger charge is 2.21. The van der Waals surface area contributed by atoms with Crippen molar-refractivity contribution in [3.05, 3.63) is 24.5 Å². The Balaban J connectivity index is 2.80. The molecule has 0 N–H and O–H groups in total. The van der Waals surface area contributed by atoms with E-state index in [1.54, 1.807) is 12.2 Å². The number of carbonyl (C=O) groups is 2. The zero-order valence-electron chi connectivity index (χ0n) is 6.11. The lowest BCUT2D eigenvalue weighted by molar-refractivity contribution is -0.144. The molecule has 11 heavy (non-hydrogen) atoms. The summed E-state index contributed by atoms with van der Waals surface area (Å²) in [4.78, 5) is 21.7. The summed E-state index contributed by atoms with van der Waals surface area (Å²) in [6, 6.07) is 0. The van der Waals surface area contributed by atoms with E-state index in [0.29, 0.717) is 0 Å². The summed E-state index contributed by atoms with van der Waals surface area (Å²) < 4.78 is 4.57. The second-order valence-electron chi connectivity index (χ2n) is 2.24. The van der Waals surface area contributed by atoms with Crippen molar-refractivity contribution in [2.45, 2.75) is 6.92 Å². The van der Waals surface area contributed by atoms with E-state index in [2.05, 4.69) is 4.74 Å². The van der Waals surface area contributed by atoms with Gasteiger partial charge in [0.1, 0.15) is 11.7 Å². The summed E-state index contributed by atoms with van der Waals surface area (Å²) in [6.45, 7) is 1.36. The first-order valence-electron chi connectivity index (χ1n) is 3.26. The van der Waals surface area contributed by atoms with Gasteiger partial charge in [-0.15, -0.1) is 0 Å². The van der Waals surface area contributed by atoms with Crippen molar-refractivity contribution in [2.75, 3.05) is 0 Å². The number of carbonyl (C=O) groups excluding carboxylic acids is 2. The molecule has 0 aromatic carbocycles. The number of allylic oxidation sites excluding steroid dienone is 2.